The Morgan fingerprint density at radius 3 is 2.19 bits per heavy atom. The van der Waals surface area contributed by atoms with Crippen molar-refractivity contribution in [3.63, 3.8) is 0 Å². The Hall–Kier alpha value is -1.16. The highest BCUT2D eigenvalue weighted by molar-refractivity contribution is 5.73. The van der Waals surface area contributed by atoms with Gasteiger partial charge in [0.2, 0.25) is 5.91 Å². The lowest BCUT2D eigenvalue weighted by atomic mass is 9.94. The summed E-state index contributed by atoms with van der Waals surface area (Å²) < 4.78 is 41.6. The molecule has 0 bridgehead atoms. The molecule has 0 aromatic rings. The van der Waals surface area contributed by atoms with E-state index >= 15 is 0 Å². The third-order valence-electron chi connectivity index (χ3n) is 6.52. The lowest BCUT2D eigenvalue weighted by Gasteiger charge is -2.48. The second-order valence-corrected chi connectivity index (χ2v) is 9.24. The van der Waals surface area contributed by atoms with Gasteiger partial charge in [-0.25, -0.2) is 4.39 Å². The summed E-state index contributed by atoms with van der Waals surface area (Å²) in [5.74, 6) is -4.29. The van der Waals surface area contributed by atoms with Gasteiger partial charge in [-0.2, -0.15) is 0 Å². The third kappa shape index (κ3) is 6.20. The van der Waals surface area contributed by atoms with Gasteiger partial charge in [-0.1, -0.05) is 0 Å². The first-order chi connectivity index (χ1) is 17.2. The van der Waals surface area contributed by atoms with Crippen LogP contribution in [0.5, 0.6) is 0 Å². The normalized spacial score (nSPS) is 51.0. The fraction of sp³-hybridized carbons (Fsp3) is 0.950. The third-order valence-corrected chi connectivity index (χ3v) is 6.52. The first-order valence-electron chi connectivity index (χ1n) is 11.5. The maximum Gasteiger partial charge on any atom is 0.263 e. The SMILES string of the molecule is CC(=O)N[C@H]1[C@H](O[C@@H]2[C@@H](OC[C@H]3O[C@@H](O)[C@@H](O)[C@@H](O)[C@@H]3O)O[C@H](C)[C@@H](O)[C@@H]2O)O[C@H](CO)[C@](O)(F)[C@@H]1O. The van der Waals surface area contributed by atoms with E-state index in [1.54, 1.807) is 0 Å². The highest BCUT2D eigenvalue weighted by Gasteiger charge is 2.58. The Kier molecular flexibility index (Phi) is 9.79. The molecular weight excluding hydrogens is 513 g/mol. The predicted molar refractivity (Wildman–Crippen MR) is 111 cm³/mol. The molecule has 0 aromatic carbocycles. The molecule has 0 saturated carbocycles. The number of alkyl halides is 1. The summed E-state index contributed by atoms with van der Waals surface area (Å²) in [7, 11) is 0. The number of carbonyl (C=O) groups excluding carboxylic acids is 1. The van der Waals surface area contributed by atoms with E-state index in [0.29, 0.717) is 0 Å². The first kappa shape index (κ1) is 30.4. The number of ether oxygens (including phenoxy) is 5. The number of hydrogen-bond acceptors (Lipinski definition) is 15. The molecular formula is C20H34FNO15. The standard InChI is InChI=1S/C20H34FNO15/c1-5-10(25)13(28)15(19(34-5)33-4-7-11(26)12(27)14(29)17(31)35-7)37-18-9(22-6(2)24)16(30)20(21,32)8(3-23)36-18/h5,7-19,23,25-32H,3-4H2,1-2H3,(H,22,24)/t5-,7-,8-,9-,10-,11-,12+,13+,14+,15+,16-,17-,18+,19+,20-/m1/s1. The van der Waals surface area contributed by atoms with Gasteiger partial charge >= 0.3 is 0 Å². The minimum absolute atomic E-state index is 0.602. The molecule has 3 rings (SSSR count). The lowest BCUT2D eigenvalue weighted by molar-refractivity contribution is -0.381. The zero-order valence-electron chi connectivity index (χ0n) is 19.8. The molecule has 3 saturated heterocycles. The zero-order valence-corrected chi connectivity index (χ0v) is 19.8. The summed E-state index contributed by atoms with van der Waals surface area (Å²) in [6.45, 7) is 0.676. The van der Waals surface area contributed by atoms with E-state index in [9.17, 15) is 55.1 Å². The zero-order chi connectivity index (χ0) is 27.8. The molecule has 0 unspecified atom stereocenters. The number of nitrogens with one attached hydrogen (secondary N) is 1. The summed E-state index contributed by atoms with van der Waals surface area (Å²) in [5.41, 5.74) is 0. The van der Waals surface area contributed by atoms with Crippen molar-refractivity contribution in [1.82, 2.24) is 5.32 Å². The average molecular weight is 547 g/mol. The average Bonchev–Trinajstić information content (AvgIpc) is 2.83. The van der Waals surface area contributed by atoms with Gasteiger partial charge in [0.15, 0.2) is 18.9 Å². The summed E-state index contributed by atoms with van der Waals surface area (Å²) in [6, 6.07) is -1.77. The van der Waals surface area contributed by atoms with Crippen molar-refractivity contribution >= 4 is 5.91 Å². The van der Waals surface area contributed by atoms with Crippen molar-refractivity contribution < 1.29 is 78.8 Å². The maximum absolute atomic E-state index is 14.7. The molecule has 37 heavy (non-hydrogen) atoms. The van der Waals surface area contributed by atoms with Crippen molar-refractivity contribution in [3.05, 3.63) is 0 Å². The lowest BCUT2D eigenvalue weighted by Crippen LogP contribution is -2.71. The Labute approximate surface area is 209 Å². The fourth-order valence-electron chi connectivity index (χ4n) is 4.30. The summed E-state index contributed by atoms with van der Waals surface area (Å²) in [6.07, 6.45) is -22.4. The van der Waals surface area contributed by atoms with E-state index in [2.05, 4.69) is 5.32 Å². The Morgan fingerprint density at radius 1 is 0.946 bits per heavy atom. The van der Waals surface area contributed by atoms with Crippen molar-refractivity contribution in [2.24, 2.45) is 0 Å². The fourth-order valence-corrected chi connectivity index (χ4v) is 4.30. The molecule has 3 heterocycles. The van der Waals surface area contributed by atoms with Gasteiger partial charge in [0.25, 0.3) is 5.85 Å². The molecule has 0 radical (unpaired) electrons. The molecule has 16 nitrogen and oxygen atoms in total. The van der Waals surface area contributed by atoms with E-state index in [1.165, 1.54) is 6.92 Å². The van der Waals surface area contributed by atoms with Crippen LogP contribution in [0.25, 0.3) is 0 Å². The molecule has 3 fully saturated rings. The van der Waals surface area contributed by atoms with Crippen LogP contribution in [0, 0.1) is 0 Å². The second-order valence-electron chi connectivity index (χ2n) is 9.24. The van der Waals surface area contributed by atoms with Crippen LogP contribution >= 0.6 is 0 Å². The Balaban J connectivity index is 1.80. The smallest absolute Gasteiger partial charge is 0.263 e. The van der Waals surface area contributed by atoms with Crippen LogP contribution in [0.2, 0.25) is 0 Å². The minimum atomic E-state index is -3.51. The number of amides is 1. The quantitative estimate of drug-likeness (QED) is 0.142. The number of aliphatic hydroxyl groups excluding tert-OH is 8. The summed E-state index contributed by atoms with van der Waals surface area (Å²) in [5, 5.41) is 92.1. The van der Waals surface area contributed by atoms with Crippen LogP contribution in [0.15, 0.2) is 0 Å². The second kappa shape index (κ2) is 11.9. The van der Waals surface area contributed by atoms with E-state index in [-0.39, 0.29) is 0 Å². The van der Waals surface area contributed by atoms with Gasteiger partial charge in [-0.15, -0.1) is 0 Å². The minimum Gasteiger partial charge on any atom is -0.393 e. The first-order valence-corrected chi connectivity index (χ1v) is 11.5. The van der Waals surface area contributed by atoms with Gasteiger partial charge in [0.05, 0.1) is 19.3 Å². The monoisotopic (exact) mass is 547 g/mol. The largest absolute Gasteiger partial charge is 0.393 e. The highest BCUT2D eigenvalue weighted by atomic mass is 19.2. The van der Waals surface area contributed by atoms with Crippen molar-refractivity contribution in [1.29, 1.82) is 0 Å². The van der Waals surface area contributed by atoms with Crippen molar-refractivity contribution in [3.8, 4) is 0 Å². The van der Waals surface area contributed by atoms with Gasteiger partial charge < -0.3 is 75.0 Å². The van der Waals surface area contributed by atoms with Crippen molar-refractivity contribution in [2.75, 3.05) is 13.2 Å². The number of aliphatic hydroxyl groups is 9. The van der Waals surface area contributed by atoms with Gasteiger partial charge in [-0.3, -0.25) is 4.79 Å². The molecule has 3 aliphatic heterocycles. The molecule has 1 amide bonds. The van der Waals surface area contributed by atoms with Crippen LogP contribution in [-0.2, 0) is 28.5 Å². The molecule has 3 aliphatic rings. The van der Waals surface area contributed by atoms with Crippen LogP contribution < -0.4 is 5.32 Å². The number of rotatable bonds is 7. The van der Waals surface area contributed by atoms with E-state index in [1.807, 2.05) is 0 Å². The molecule has 0 spiro atoms. The van der Waals surface area contributed by atoms with E-state index in [4.69, 9.17) is 23.7 Å². The van der Waals surface area contributed by atoms with Gasteiger partial charge in [0.1, 0.15) is 61.0 Å². The van der Waals surface area contributed by atoms with Crippen LogP contribution in [-0.4, -0.2) is 157 Å². The van der Waals surface area contributed by atoms with E-state index in [0.717, 1.165) is 6.92 Å². The van der Waals surface area contributed by atoms with Crippen molar-refractivity contribution in [2.45, 2.75) is 106 Å². The molecule has 0 aliphatic carbocycles. The molecule has 216 valence electrons. The number of carbonyl (C=O) groups is 1. The molecule has 10 N–H and O–H groups in total. The maximum atomic E-state index is 14.7. The van der Waals surface area contributed by atoms with Gasteiger partial charge in [0, 0.05) is 6.92 Å². The summed E-state index contributed by atoms with van der Waals surface area (Å²) >= 11 is 0. The topological polar surface area (TPSA) is 257 Å². The van der Waals surface area contributed by atoms with E-state index < -0.39 is 111 Å². The molecule has 15 atom stereocenters. The Morgan fingerprint density at radius 2 is 1.59 bits per heavy atom. The van der Waals surface area contributed by atoms with Crippen LogP contribution in [0.4, 0.5) is 4.39 Å². The van der Waals surface area contributed by atoms with Crippen LogP contribution in [0.3, 0.4) is 0 Å². The van der Waals surface area contributed by atoms with Crippen LogP contribution in [0.1, 0.15) is 13.8 Å². The number of hydrogen-bond donors (Lipinski definition) is 10. The van der Waals surface area contributed by atoms with Gasteiger partial charge in [-0.05, 0) is 6.92 Å². The molecule has 17 heteroatoms. The molecule has 0 aromatic heterocycles. The Bertz CT molecular complexity index is 778. The highest BCUT2D eigenvalue weighted by Crippen LogP contribution is 2.34. The summed E-state index contributed by atoms with van der Waals surface area (Å²) in [4.78, 5) is 11.6. The number of halogens is 1. The predicted octanol–water partition coefficient (Wildman–Crippen LogP) is -6.10.